The van der Waals surface area contributed by atoms with Gasteiger partial charge < -0.3 is 19.8 Å². The number of aromatic nitrogens is 2. The van der Waals surface area contributed by atoms with Crippen molar-refractivity contribution in [1.82, 2.24) is 15.5 Å². The minimum absolute atomic E-state index is 0.256. The molecule has 3 heterocycles. The molecule has 10 heteroatoms. The maximum absolute atomic E-state index is 13.3. The van der Waals surface area contributed by atoms with Crippen LogP contribution in [0.1, 0.15) is 72.7 Å². The van der Waals surface area contributed by atoms with E-state index < -0.39 is 16.1 Å². The first-order valence-corrected chi connectivity index (χ1v) is 17.6. The van der Waals surface area contributed by atoms with Crippen molar-refractivity contribution in [2.75, 3.05) is 29.3 Å². The number of nitrogens with zero attached hydrogens (tertiary/aromatic N) is 3. The van der Waals surface area contributed by atoms with Crippen LogP contribution in [0.5, 0.6) is 0 Å². The van der Waals surface area contributed by atoms with Gasteiger partial charge in [0.25, 0.3) is 10.0 Å². The Morgan fingerprint density at radius 3 is 2.67 bits per heavy atom. The molecule has 6 rings (SSSR count). The Balaban J connectivity index is 1.02. The second-order valence-electron chi connectivity index (χ2n) is 12.3. The number of hydrogen-bond acceptors (Lipinski definition) is 8. The average Bonchev–Trinajstić information content (AvgIpc) is 3.81. The molecule has 238 valence electrons. The molecule has 2 aromatic heterocycles. The molecule has 2 aliphatic rings. The van der Waals surface area contributed by atoms with Crippen LogP contribution in [-0.2, 0) is 29.3 Å². The number of sulfonamides is 1. The highest BCUT2D eigenvalue weighted by atomic mass is 32.2. The fraction of sp³-hybridized carbons (Fsp3) is 0.429. The van der Waals surface area contributed by atoms with E-state index in [1.807, 2.05) is 24.3 Å². The first-order chi connectivity index (χ1) is 21.9. The average molecular weight is 630 g/mol. The third-order valence-corrected chi connectivity index (χ3v) is 10.5. The molecule has 1 atom stereocenters. The van der Waals surface area contributed by atoms with Crippen molar-refractivity contribution in [3.8, 4) is 0 Å². The number of fused-ring (bicyclic) bond motifs is 1. The lowest BCUT2D eigenvalue weighted by molar-refractivity contribution is 0.173. The van der Waals surface area contributed by atoms with Crippen molar-refractivity contribution in [3.63, 3.8) is 0 Å². The van der Waals surface area contributed by atoms with Gasteiger partial charge in [0.1, 0.15) is 12.1 Å². The van der Waals surface area contributed by atoms with Gasteiger partial charge in [-0.1, -0.05) is 55.5 Å². The zero-order chi connectivity index (χ0) is 31.2. The van der Waals surface area contributed by atoms with E-state index in [1.165, 1.54) is 44.8 Å². The lowest BCUT2D eigenvalue weighted by Gasteiger charge is -2.19. The molecule has 2 aromatic carbocycles. The smallest absolute Gasteiger partial charge is 0.261 e. The van der Waals surface area contributed by atoms with Gasteiger partial charge >= 0.3 is 0 Å². The highest BCUT2D eigenvalue weighted by Gasteiger charge is 2.25. The summed E-state index contributed by atoms with van der Waals surface area (Å²) in [5.41, 5.74) is 6.10. The van der Waals surface area contributed by atoms with Gasteiger partial charge in [0.15, 0.2) is 0 Å². The predicted octanol–water partition coefficient (Wildman–Crippen LogP) is 6.25. The van der Waals surface area contributed by atoms with Gasteiger partial charge in [0.05, 0.1) is 16.7 Å². The standard InChI is InChI=1S/C35H43N5O4S/c1-25-32(24-44-38-25)34(41)23-36-20-18-27-12-14-30(15-13-27)39-45(42,43)31-16-17-33-28(22-31)19-21-40(33)35-11-5-10-29(37-35)9-4-8-26-6-2-3-7-26/h5,10-17,22,24,26,34,36,39,41H,2-4,6-9,18-21,23H2,1H3. The largest absolute Gasteiger partial charge is 0.387 e. The molecular weight excluding hydrogens is 586 g/mol. The Morgan fingerprint density at radius 1 is 1.07 bits per heavy atom. The van der Waals surface area contributed by atoms with E-state index in [9.17, 15) is 13.5 Å². The zero-order valence-electron chi connectivity index (χ0n) is 25.9. The first-order valence-electron chi connectivity index (χ1n) is 16.1. The monoisotopic (exact) mass is 629 g/mol. The van der Waals surface area contributed by atoms with Crippen LogP contribution in [0.2, 0.25) is 0 Å². The summed E-state index contributed by atoms with van der Waals surface area (Å²) in [6.07, 6.45) is 11.3. The normalized spacial score (nSPS) is 15.8. The molecule has 45 heavy (non-hydrogen) atoms. The van der Waals surface area contributed by atoms with Crippen LogP contribution < -0.4 is 14.9 Å². The summed E-state index contributed by atoms with van der Waals surface area (Å²) in [6, 6.07) is 19.0. The van der Waals surface area contributed by atoms with Gasteiger partial charge in [-0.2, -0.15) is 0 Å². The molecule has 1 unspecified atom stereocenters. The molecule has 0 bridgehead atoms. The Bertz CT molecular complexity index is 1680. The van der Waals surface area contributed by atoms with Crippen LogP contribution >= 0.6 is 0 Å². The van der Waals surface area contributed by atoms with E-state index in [-0.39, 0.29) is 4.90 Å². The minimum Gasteiger partial charge on any atom is -0.387 e. The summed E-state index contributed by atoms with van der Waals surface area (Å²) in [7, 11) is -3.75. The molecule has 1 aliphatic heterocycles. The third-order valence-electron chi connectivity index (χ3n) is 9.13. The fourth-order valence-corrected chi connectivity index (χ4v) is 7.67. The van der Waals surface area contributed by atoms with Gasteiger partial charge in [0, 0.05) is 35.7 Å². The van der Waals surface area contributed by atoms with Crippen LogP contribution in [0.4, 0.5) is 17.2 Å². The summed E-state index contributed by atoms with van der Waals surface area (Å²) in [4.78, 5) is 7.43. The van der Waals surface area contributed by atoms with E-state index in [1.54, 1.807) is 31.2 Å². The van der Waals surface area contributed by atoms with Crippen molar-refractivity contribution >= 4 is 27.2 Å². The van der Waals surface area contributed by atoms with Crippen LogP contribution in [0, 0.1) is 12.8 Å². The second kappa shape index (κ2) is 14.1. The molecule has 3 N–H and O–H groups in total. The Kier molecular flexibility index (Phi) is 9.82. The molecule has 9 nitrogen and oxygen atoms in total. The molecule has 1 fully saturated rings. The highest BCUT2D eigenvalue weighted by Crippen LogP contribution is 2.36. The summed E-state index contributed by atoms with van der Waals surface area (Å²) in [5.74, 6) is 1.83. The van der Waals surface area contributed by atoms with Crippen molar-refractivity contribution in [3.05, 3.63) is 95.0 Å². The van der Waals surface area contributed by atoms with E-state index >= 15 is 0 Å². The maximum Gasteiger partial charge on any atom is 0.261 e. The van der Waals surface area contributed by atoms with Crippen LogP contribution in [0.15, 0.2) is 76.3 Å². The predicted molar refractivity (Wildman–Crippen MR) is 176 cm³/mol. The molecule has 0 spiro atoms. The zero-order valence-corrected chi connectivity index (χ0v) is 26.7. The topological polar surface area (TPSA) is 121 Å². The molecule has 1 aliphatic carbocycles. The molecule has 1 saturated carbocycles. The number of anilines is 3. The van der Waals surface area contributed by atoms with Gasteiger partial charge in [0.2, 0.25) is 0 Å². The summed E-state index contributed by atoms with van der Waals surface area (Å²) in [6.45, 7) is 3.63. The van der Waals surface area contributed by atoms with Crippen molar-refractivity contribution < 1.29 is 18.0 Å². The number of benzene rings is 2. The van der Waals surface area contributed by atoms with Gasteiger partial charge in [-0.3, -0.25) is 4.72 Å². The molecule has 0 saturated heterocycles. The van der Waals surface area contributed by atoms with Gasteiger partial charge in [-0.15, -0.1) is 0 Å². The number of nitrogens with one attached hydrogen (secondary N) is 2. The summed E-state index contributed by atoms with van der Waals surface area (Å²) < 4.78 is 34.2. The van der Waals surface area contributed by atoms with E-state index in [0.29, 0.717) is 30.0 Å². The number of aliphatic hydroxyl groups is 1. The Hall–Kier alpha value is -3.73. The third kappa shape index (κ3) is 7.74. The SMILES string of the molecule is Cc1nocc1C(O)CNCCc1ccc(NS(=O)(=O)c2ccc3c(c2)CCN3c2cccc(CCCC3CCCC3)n2)cc1. The quantitative estimate of drug-likeness (QED) is 0.140. The van der Waals surface area contributed by atoms with E-state index in [4.69, 9.17) is 9.51 Å². The number of hydrogen-bond donors (Lipinski definition) is 3. The van der Waals surface area contributed by atoms with Crippen molar-refractivity contribution in [2.24, 2.45) is 5.92 Å². The molecule has 0 radical (unpaired) electrons. The number of rotatable bonds is 14. The Morgan fingerprint density at radius 2 is 1.89 bits per heavy atom. The second-order valence-corrected chi connectivity index (χ2v) is 14.0. The lowest BCUT2D eigenvalue weighted by atomic mass is 10.00. The first kappa shape index (κ1) is 31.3. The van der Waals surface area contributed by atoms with Gasteiger partial charge in [-0.25, -0.2) is 13.4 Å². The molecular formula is C35H43N5O4S. The summed E-state index contributed by atoms with van der Waals surface area (Å²) >= 11 is 0. The van der Waals surface area contributed by atoms with Crippen LogP contribution in [0.3, 0.4) is 0 Å². The fourth-order valence-electron chi connectivity index (χ4n) is 6.57. The Labute approximate surface area is 266 Å². The minimum atomic E-state index is -3.75. The highest BCUT2D eigenvalue weighted by molar-refractivity contribution is 7.92. The van der Waals surface area contributed by atoms with Crippen molar-refractivity contribution in [1.29, 1.82) is 0 Å². The lowest BCUT2D eigenvalue weighted by Crippen LogP contribution is -2.24. The maximum atomic E-state index is 13.3. The number of aryl methyl sites for hydroxylation is 2. The van der Waals surface area contributed by atoms with Gasteiger partial charge in [-0.05, 0) is 98.7 Å². The van der Waals surface area contributed by atoms with E-state index in [2.05, 4.69) is 32.2 Å². The molecule has 4 aromatic rings. The number of aliphatic hydroxyl groups excluding tert-OH is 1. The number of pyridine rings is 1. The molecule has 0 amide bonds. The van der Waals surface area contributed by atoms with Crippen LogP contribution in [0.25, 0.3) is 0 Å². The van der Waals surface area contributed by atoms with Crippen LogP contribution in [-0.4, -0.2) is 43.3 Å². The van der Waals surface area contributed by atoms with E-state index in [0.717, 1.165) is 60.1 Å². The summed E-state index contributed by atoms with van der Waals surface area (Å²) in [5, 5.41) is 17.3. The van der Waals surface area contributed by atoms with Crippen molar-refractivity contribution in [2.45, 2.75) is 75.7 Å².